The van der Waals surface area contributed by atoms with E-state index < -0.39 is 15.9 Å². The number of hydrogen-bond acceptors (Lipinski definition) is 2. The number of rotatable bonds is 4. The highest BCUT2D eigenvalue weighted by Gasteiger charge is 2.34. The number of halogens is 4. The zero-order valence-corrected chi connectivity index (χ0v) is 13.8. The summed E-state index contributed by atoms with van der Waals surface area (Å²) in [7, 11) is 0. The van der Waals surface area contributed by atoms with E-state index in [4.69, 9.17) is 58.6 Å². The highest BCUT2D eigenvalue weighted by atomic mass is 35.6. The molecule has 1 aromatic carbocycles. The summed E-state index contributed by atoms with van der Waals surface area (Å²) in [4.78, 5) is 11.3. The fourth-order valence-corrected chi connectivity index (χ4v) is 1.86. The van der Waals surface area contributed by atoms with Crippen LogP contribution in [0.25, 0.3) is 0 Å². The summed E-state index contributed by atoms with van der Waals surface area (Å²) < 4.78 is -1.79. The third-order valence-corrected chi connectivity index (χ3v) is 3.18. The minimum Gasteiger partial charge on any atom is -0.339 e. The van der Waals surface area contributed by atoms with E-state index in [2.05, 4.69) is 16.0 Å². The standard InChI is InChI=1S/C11H11Cl4N3OS/c12-6-8(19)17-9(11(13,14)15)18-10(20)16-7-4-2-1-3-5-7/h1-5,9H,6H2,(H,17,19)(H2,16,18,20). The van der Waals surface area contributed by atoms with E-state index in [0.29, 0.717) is 0 Å². The first-order valence-electron chi connectivity index (χ1n) is 5.37. The molecule has 3 N–H and O–H groups in total. The average Bonchev–Trinajstić information content (AvgIpc) is 2.37. The number of amides is 1. The van der Waals surface area contributed by atoms with Crippen molar-refractivity contribution in [3.05, 3.63) is 30.3 Å². The van der Waals surface area contributed by atoms with E-state index >= 15 is 0 Å². The first kappa shape index (κ1) is 17.6. The summed E-state index contributed by atoms with van der Waals surface area (Å²) in [5.74, 6) is -0.740. The Bertz CT molecular complexity index is 466. The third kappa shape index (κ3) is 6.33. The Morgan fingerprint density at radius 3 is 2.30 bits per heavy atom. The van der Waals surface area contributed by atoms with Crippen LogP contribution in [0.3, 0.4) is 0 Å². The fourth-order valence-electron chi connectivity index (χ4n) is 1.22. The number of anilines is 1. The molecule has 0 saturated carbocycles. The predicted octanol–water partition coefficient (Wildman–Crippen LogP) is 3.02. The van der Waals surface area contributed by atoms with Gasteiger partial charge in [0, 0.05) is 5.69 Å². The van der Waals surface area contributed by atoms with Gasteiger partial charge < -0.3 is 16.0 Å². The van der Waals surface area contributed by atoms with Crippen molar-refractivity contribution >= 4 is 75.3 Å². The molecule has 1 aromatic rings. The molecule has 1 unspecified atom stereocenters. The van der Waals surface area contributed by atoms with Crippen molar-refractivity contribution in [2.24, 2.45) is 0 Å². The van der Waals surface area contributed by atoms with Crippen molar-refractivity contribution in [3.63, 3.8) is 0 Å². The Labute approximate surface area is 142 Å². The van der Waals surface area contributed by atoms with E-state index in [-0.39, 0.29) is 11.0 Å². The predicted molar refractivity (Wildman–Crippen MR) is 88.7 cm³/mol. The molecule has 9 heteroatoms. The summed E-state index contributed by atoms with van der Waals surface area (Å²) in [6.07, 6.45) is -1.01. The molecule has 110 valence electrons. The normalized spacial score (nSPS) is 12.4. The molecule has 0 bridgehead atoms. The Morgan fingerprint density at radius 1 is 1.20 bits per heavy atom. The lowest BCUT2D eigenvalue weighted by Crippen LogP contribution is -2.56. The molecule has 4 nitrogen and oxygen atoms in total. The summed E-state index contributed by atoms with van der Waals surface area (Å²) in [6, 6.07) is 9.18. The third-order valence-electron chi connectivity index (χ3n) is 2.06. The van der Waals surface area contributed by atoms with Crippen LogP contribution in [0, 0.1) is 0 Å². The zero-order valence-electron chi connectivity index (χ0n) is 10.00. The van der Waals surface area contributed by atoms with Gasteiger partial charge in [-0.2, -0.15) is 0 Å². The van der Waals surface area contributed by atoms with E-state index in [1.165, 1.54) is 0 Å². The van der Waals surface area contributed by atoms with Gasteiger partial charge in [-0.25, -0.2) is 0 Å². The molecule has 20 heavy (non-hydrogen) atoms. The highest BCUT2D eigenvalue weighted by molar-refractivity contribution is 7.80. The SMILES string of the molecule is O=C(CCl)NC(NC(=S)Nc1ccccc1)C(Cl)(Cl)Cl. The molecule has 0 spiro atoms. The van der Waals surface area contributed by atoms with Crippen LogP contribution in [0.4, 0.5) is 5.69 Å². The van der Waals surface area contributed by atoms with Crippen LogP contribution in [-0.2, 0) is 4.79 Å². The molecular weight excluding hydrogens is 364 g/mol. The van der Waals surface area contributed by atoms with E-state index in [1.54, 1.807) is 0 Å². The highest BCUT2D eigenvalue weighted by Crippen LogP contribution is 2.29. The second kappa shape index (κ2) is 8.10. The van der Waals surface area contributed by atoms with Gasteiger partial charge in [0.15, 0.2) is 5.11 Å². The van der Waals surface area contributed by atoms with Gasteiger partial charge in [-0.15, -0.1) is 11.6 Å². The van der Waals surface area contributed by atoms with Crippen molar-refractivity contribution in [1.82, 2.24) is 10.6 Å². The van der Waals surface area contributed by atoms with Crippen LogP contribution in [-0.4, -0.2) is 26.9 Å². The summed E-state index contributed by atoms with van der Waals surface area (Å²) in [5.41, 5.74) is 0.761. The van der Waals surface area contributed by atoms with Crippen LogP contribution in [0.15, 0.2) is 30.3 Å². The molecule has 0 aliphatic rings. The molecule has 0 saturated heterocycles. The smallest absolute Gasteiger partial charge is 0.236 e. The van der Waals surface area contributed by atoms with Gasteiger partial charge in [0.05, 0.1) is 0 Å². The minimum absolute atomic E-state index is 0.197. The zero-order chi connectivity index (χ0) is 15.2. The molecule has 1 rings (SSSR count). The van der Waals surface area contributed by atoms with Gasteiger partial charge in [0.25, 0.3) is 0 Å². The lowest BCUT2D eigenvalue weighted by atomic mass is 10.3. The van der Waals surface area contributed by atoms with Crippen LogP contribution in [0.2, 0.25) is 0 Å². The molecule has 0 heterocycles. The molecular formula is C11H11Cl4N3OS. The quantitative estimate of drug-likeness (QED) is 0.430. The first-order valence-corrected chi connectivity index (χ1v) is 7.45. The van der Waals surface area contributed by atoms with Gasteiger partial charge in [-0.1, -0.05) is 53.0 Å². The number of thiocarbonyl (C=S) groups is 1. The number of carbonyl (C=O) groups is 1. The number of benzene rings is 1. The molecule has 1 atom stereocenters. The number of para-hydroxylation sites is 1. The fraction of sp³-hybridized carbons (Fsp3) is 0.273. The van der Waals surface area contributed by atoms with Crippen molar-refractivity contribution in [1.29, 1.82) is 0 Å². The van der Waals surface area contributed by atoms with Gasteiger partial charge in [-0.05, 0) is 24.4 Å². The maximum atomic E-state index is 11.3. The van der Waals surface area contributed by atoms with E-state index in [1.807, 2.05) is 30.3 Å². The maximum Gasteiger partial charge on any atom is 0.236 e. The lowest BCUT2D eigenvalue weighted by molar-refractivity contribution is -0.119. The summed E-state index contributed by atoms with van der Waals surface area (Å²) in [6.45, 7) is 0. The molecule has 0 aliphatic heterocycles. The second-order valence-electron chi connectivity index (χ2n) is 3.64. The Balaban J connectivity index is 2.65. The van der Waals surface area contributed by atoms with Crippen LogP contribution in [0.1, 0.15) is 0 Å². The maximum absolute atomic E-state index is 11.3. The molecule has 1 amide bonds. The van der Waals surface area contributed by atoms with Crippen molar-refractivity contribution < 1.29 is 4.79 Å². The molecule has 0 aromatic heterocycles. The average molecular weight is 375 g/mol. The van der Waals surface area contributed by atoms with Gasteiger partial charge >= 0.3 is 0 Å². The molecule has 0 fully saturated rings. The minimum atomic E-state index is -1.79. The van der Waals surface area contributed by atoms with Crippen LogP contribution < -0.4 is 16.0 Å². The van der Waals surface area contributed by atoms with Crippen LogP contribution >= 0.6 is 58.6 Å². The Hall–Kier alpha value is -0.460. The molecule has 0 aliphatic carbocycles. The second-order valence-corrected chi connectivity index (χ2v) is 6.68. The summed E-state index contributed by atoms with van der Waals surface area (Å²) in [5, 5.41) is 8.22. The van der Waals surface area contributed by atoms with E-state index in [0.717, 1.165) is 5.69 Å². The monoisotopic (exact) mass is 373 g/mol. The number of alkyl halides is 4. The van der Waals surface area contributed by atoms with Crippen LogP contribution in [0.5, 0.6) is 0 Å². The topological polar surface area (TPSA) is 53.2 Å². The van der Waals surface area contributed by atoms with Crippen molar-refractivity contribution in [3.8, 4) is 0 Å². The first-order chi connectivity index (χ1) is 9.32. The largest absolute Gasteiger partial charge is 0.339 e. The number of hydrogen-bond donors (Lipinski definition) is 3. The van der Waals surface area contributed by atoms with Gasteiger partial charge in [0.2, 0.25) is 9.70 Å². The summed E-state index contributed by atoms with van der Waals surface area (Å²) >= 11 is 27.8. The number of carbonyl (C=O) groups excluding carboxylic acids is 1. The number of nitrogens with one attached hydrogen (secondary N) is 3. The van der Waals surface area contributed by atoms with Gasteiger partial charge in [0.1, 0.15) is 12.0 Å². The van der Waals surface area contributed by atoms with Gasteiger partial charge in [-0.3, -0.25) is 4.79 Å². The van der Waals surface area contributed by atoms with Crippen molar-refractivity contribution in [2.45, 2.75) is 9.96 Å². The Morgan fingerprint density at radius 2 is 1.80 bits per heavy atom. The van der Waals surface area contributed by atoms with E-state index in [9.17, 15) is 4.79 Å². The lowest BCUT2D eigenvalue weighted by Gasteiger charge is -2.27. The Kier molecular flexibility index (Phi) is 7.12. The van der Waals surface area contributed by atoms with Crippen molar-refractivity contribution in [2.75, 3.05) is 11.2 Å². The molecule has 0 radical (unpaired) electrons.